The van der Waals surface area contributed by atoms with Gasteiger partial charge in [-0.1, -0.05) is 23.7 Å². The molecule has 0 fully saturated rings. The van der Waals surface area contributed by atoms with Crippen molar-refractivity contribution in [3.8, 4) is 0 Å². The van der Waals surface area contributed by atoms with Crippen molar-refractivity contribution < 1.29 is 19.2 Å². The van der Waals surface area contributed by atoms with Gasteiger partial charge in [-0.3, -0.25) is 4.79 Å². The summed E-state index contributed by atoms with van der Waals surface area (Å²) in [6.45, 7) is 3.49. The number of anilines is 1. The molecule has 0 aliphatic carbocycles. The second-order valence-electron chi connectivity index (χ2n) is 4.37. The third kappa shape index (κ3) is 3.05. The van der Waals surface area contributed by atoms with Crippen molar-refractivity contribution in [1.29, 1.82) is 0 Å². The molecule has 110 valence electrons. The molecule has 0 radical (unpaired) electrons. The van der Waals surface area contributed by atoms with E-state index in [1.165, 1.54) is 18.2 Å². The molecule has 7 heteroatoms. The lowest BCUT2D eigenvalue weighted by molar-refractivity contribution is 0.0696. The maximum absolute atomic E-state index is 12.3. The molecular formula is C14H13ClN2O4. The standard InChI is InChI=1S/C14H13ClN2O4/c1-3-10-12(7(2)21-17-10)13(18)16-11-6-8(14(19)20)4-5-9(11)15/h4-6H,3H2,1-2H3,(H,16,18)(H,19,20). The second-order valence-corrected chi connectivity index (χ2v) is 4.78. The van der Waals surface area contributed by atoms with Gasteiger partial charge in [0.25, 0.3) is 5.91 Å². The molecule has 1 heterocycles. The minimum atomic E-state index is -1.10. The zero-order valence-electron chi connectivity index (χ0n) is 11.4. The van der Waals surface area contributed by atoms with E-state index in [-0.39, 0.29) is 16.3 Å². The van der Waals surface area contributed by atoms with Gasteiger partial charge in [-0.05, 0) is 31.5 Å². The van der Waals surface area contributed by atoms with Crippen molar-refractivity contribution in [3.05, 3.63) is 45.8 Å². The van der Waals surface area contributed by atoms with Crippen molar-refractivity contribution in [2.24, 2.45) is 0 Å². The second kappa shape index (κ2) is 5.97. The number of carboxylic acids is 1. The number of carbonyl (C=O) groups excluding carboxylic acids is 1. The molecule has 2 rings (SSSR count). The van der Waals surface area contributed by atoms with Crippen LogP contribution in [-0.4, -0.2) is 22.1 Å². The fraction of sp³-hybridized carbons (Fsp3) is 0.214. The largest absolute Gasteiger partial charge is 0.478 e. The van der Waals surface area contributed by atoms with Crippen molar-refractivity contribution in [2.75, 3.05) is 5.32 Å². The highest BCUT2D eigenvalue weighted by Gasteiger charge is 2.20. The number of hydrogen-bond donors (Lipinski definition) is 2. The predicted octanol–water partition coefficient (Wildman–Crippen LogP) is 3.15. The normalized spacial score (nSPS) is 10.4. The Labute approximate surface area is 125 Å². The number of rotatable bonds is 4. The summed E-state index contributed by atoms with van der Waals surface area (Å²) in [4.78, 5) is 23.2. The van der Waals surface area contributed by atoms with E-state index in [0.717, 1.165) is 0 Å². The van der Waals surface area contributed by atoms with Crippen LogP contribution in [0.15, 0.2) is 22.7 Å². The topological polar surface area (TPSA) is 92.4 Å². The maximum Gasteiger partial charge on any atom is 0.335 e. The smallest absolute Gasteiger partial charge is 0.335 e. The monoisotopic (exact) mass is 308 g/mol. The van der Waals surface area contributed by atoms with E-state index < -0.39 is 11.9 Å². The van der Waals surface area contributed by atoms with E-state index in [4.69, 9.17) is 21.2 Å². The first-order chi connectivity index (χ1) is 9.93. The first-order valence-corrected chi connectivity index (χ1v) is 6.61. The summed E-state index contributed by atoms with van der Waals surface area (Å²) < 4.78 is 5.00. The Kier molecular flexibility index (Phi) is 4.28. The van der Waals surface area contributed by atoms with Gasteiger partial charge >= 0.3 is 5.97 Å². The van der Waals surface area contributed by atoms with Crippen LogP contribution < -0.4 is 5.32 Å². The molecule has 1 amide bonds. The molecule has 1 aromatic heterocycles. The lowest BCUT2D eigenvalue weighted by atomic mass is 10.1. The number of aromatic carboxylic acids is 1. The molecule has 0 aliphatic heterocycles. The minimum absolute atomic E-state index is 0.0347. The molecule has 0 unspecified atom stereocenters. The van der Waals surface area contributed by atoms with Crippen LogP contribution in [-0.2, 0) is 6.42 Å². The molecular weight excluding hydrogens is 296 g/mol. The summed E-state index contributed by atoms with van der Waals surface area (Å²) in [5.41, 5.74) is 1.14. The number of hydrogen-bond acceptors (Lipinski definition) is 4. The fourth-order valence-electron chi connectivity index (χ4n) is 1.89. The van der Waals surface area contributed by atoms with Crippen LogP contribution in [0.2, 0.25) is 5.02 Å². The van der Waals surface area contributed by atoms with E-state index in [1.807, 2.05) is 6.92 Å². The molecule has 0 saturated carbocycles. The summed E-state index contributed by atoms with van der Waals surface area (Å²) in [6, 6.07) is 4.08. The third-order valence-corrected chi connectivity index (χ3v) is 3.29. The Morgan fingerprint density at radius 2 is 2.14 bits per heavy atom. The molecule has 2 aromatic rings. The SMILES string of the molecule is CCc1noc(C)c1C(=O)Nc1cc(C(=O)O)ccc1Cl. The van der Waals surface area contributed by atoms with Crippen LogP contribution in [0.25, 0.3) is 0 Å². The molecule has 21 heavy (non-hydrogen) atoms. The molecule has 0 bridgehead atoms. The van der Waals surface area contributed by atoms with Gasteiger partial charge in [-0.15, -0.1) is 0 Å². The van der Waals surface area contributed by atoms with E-state index >= 15 is 0 Å². The number of amides is 1. The Bertz CT molecular complexity index is 709. The molecule has 2 N–H and O–H groups in total. The predicted molar refractivity (Wildman–Crippen MR) is 77.0 cm³/mol. The number of aryl methyl sites for hydroxylation is 2. The summed E-state index contributed by atoms with van der Waals surface area (Å²) in [5, 5.41) is 15.6. The van der Waals surface area contributed by atoms with Crippen LogP contribution in [0.5, 0.6) is 0 Å². The summed E-state index contributed by atoms with van der Waals surface area (Å²) in [6.07, 6.45) is 0.545. The first kappa shape index (κ1) is 15.1. The highest BCUT2D eigenvalue weighted by molar-refractivity contribution is 6.34. The van der Waals surface area contributed by atoms with Crippen molar-refractivity contribution in [2.45, 2.75) is 20.3 Å². The third-order valence-electron chi connectivity index (χ3n) is 2.96. The Morgan fingerprint density at radius 1 is 1.43 bits per heavy atom. The van der Waals surface area contributed by atoms with Crippen LogP contribution in [0, 0.1) is 6.92 Å². The Balaban J connectivity index is 2.33. The molecule has 0 spiro atoms. The number of benzene rings is 1. The summed E-state index contributed by atoms with van der Waals surface area (Å²) in [7, 11) is 0. The summed E-state index contributed by atoms with van der Waals surface area (Å²) in [5.74, 6) is -1.14. The fourth-order valence-corrected chi connectivity index (χ4v) is 2.05. The lowest BCUT2D eigenvalue weighted by Crippen LogP contribution is -2.15. The van der Waals surface area contributed by atoms with Gasteiger partial charge in [0.05, 0.1) is 22.0 Å². The number of carbonyl (C=O) groups is 2. The Morgan fingerprint density at radius 3 is 2.76 bits per heavy atom. The van der Waals surface area contributed by atoms with Gasteiger partial charge in [-0.2, -0.15) is 0 Å². The van der Waals surface area contributed by atoms with E-state index in [2.05, 4.69) is 10.5 Å². The Hall–Kier alpha value is -2.34. The average molecular weight is 309 g/mol. The molecule has 6 nitrogen and oxygen atoms in total. The summed E-state index contributed by atoms with van der Waals surface area (Å²) >= 11 is 5.97. The minimum Gasteiger partial charge on any atom is -0.478 e. The zero-order chi connectivity index (χ0) is 15.6. The zero-order valence-corrected chi connectivity index (χ0v) is 12.2. The van der Waals surface area contributed by atoms with Crippen LogP contribution in [0.1, 0.15) is 39.1 Å². The molecule has 0 saturated heterocycles. The van der Waals surface area contributed by atoms with Gasteiger partial charge in [-0.25, -0.2) is 4.79 Å². The van der Waals surface area contributed by atoms with Crippen LogP contribution in [0.4, 0.5) is 5.69 Å². The van der Waals surface area contributed by atoms with Crippen molar-refractivity contribution >= 4 is 29.2 Å². The van der Waals surface area contributed by atoms with Gasteiger partial charge in [0.1, 0.15) is 11.3 Å². The number of halogens is 1. The maximum atomic E-state index is 12.3. The first-order valence-electron chi connectivity index (χ1n) is 6.23. The number of carboxylic acid groups (broad SMARTS) is 1. The van der Waals surface area contributed by atoms with Crippen LogP contribution >= 0.6 is 11.6 Å². The van der Waals surface area contributed by atoms with Gasteiger partial charge < -0.3 is 14.9 Å². The van der Waals surface area contributed by atoms with Crippen molar-refractivity contribution in [1.82, 2.24) is 5.16 Å². The quantitative estimate of drug-likeness (QED) is 0.905. The van der Waals surface area contributed by atoms with E-state index in [0.29, 0.717) is 23.4 Å². The van der Waals surface area contributed by atoms with Crippen molar-refractivity contribution in [3.63, 3.8) is 0 Å². The highest BCUT2D eigenvalue weighted by Crippen LogP contribution is 2.25. The van der Waals surface area contributed by atoms with Crippen LogP contribution in [0.3, 0.4) is 0 Å². The van der Waals surface area contributed by atoms with Gasteiger partial charge in [0, 0.05) is 0 Å². The molecule has 0 atom stereocenters. The average Bonchev–Trinajstić information content (AvgIpc) is 2.82. The van der Waals surface area contributed by atoms with Gasteiger partial charge in [0.2, 0.25) is 0 Å². The lowest BCUT2D eigenvalue weighted by Gasteiger charge is -2.08. The van der Waals surface area contributed by atoms with E-state index in [1.54, 1.807) is 6.92 Å². The van der Waals surface area contributed by atoms with Gasteiger partial charge in [0.15, 0.2) is 0 Å². The molecule has 0 aliphatic rings. The number of aromatic nitrogens is 1. The number of nitrogens with one attached hydrogen (secondary N) is 1. The number of nitrogens with zero attached hydrogens (tertiary/aromatic N) is 1. The molecule has 1 aromatic carbocycles. The highest BCUT2D eigenvalue weighted by atomic mass is 35.5. The van der Waals surface area contributed by atoms with E-state index in [9.17, 15) is 9.59 Å².